The predicted molar refractivity (Wildman–Crippen MR) is 86.0 cm³/mol. The van der Waals surface area contributed by atoms with E-state index in [4.69, 9.17) is 4.74 Å². The fourth-order valence-corrected chi connectivity index (χ4v) is 2.33. The van der Waals surface area contributed by atoms with Gasteiger partial charge in [-0.1, -0.05) is 35.8 Å². The van der Waals surface area contributed by atoms with Crippen molar-refractivity contribution in [3.05, 3.63) is 52.8 Å². The molecule has 1 aromatic heterocycles. The van der Waals surface area contributed by atoms with E-state index in [1.807, 2.05) is 24.3 Å². The van der Waals surface area contributed by atoms with Crippen molar-refractivity contribution in [1.29, 1.82) is 0 Å². The molecule has 0 amide bonds. The van der Waals surface area contributed by atoms with Gasteiger partial charge < -0.3 is 14.6 Å². The van der Waals surface area contributed by atoms with Gasteiger partial charge in [-0.3, -0.25) is 0 Å². The van der Waals surface area contributed by atoms with Gasteiger partial charge in [-0.25, -0.2) is 0 Å². The van der Waals surface area contributed by atoms with Crippen molar-refractivity contribution in [2.75, 3.05) is 6.61 Å². The van der Waals surface area contributed by atoms with E-state index in [1.165, 1.54) is 5.69 Å². The first-order chi connectivity index (χ1) is 9.65. The molecule has 1 heterocycles. The van der Waals surface area contributed by atoms with Crippen molar-refractivity contribution in [1.82, 2.24) is 9.88 Å². The first kappa shape index (κ1) is 15.1. The number of nitrogens with one attached hydrogen (secondary N) is 1. The molecule has 0 aliphatic carbocycles. The summed E-state index contributed by atoms with van der Waals surface area (Å²) in [6.07, 6.45) is 2.10. The molecule has 1 N–H and O–H groups in total. The zero-order chi connectivity index (χ0) is 14.4. The van der Waals surface area contributed by atoms with Crippen molar-refractivity contribution in [2.45, 2.75) is 33.0 Å². The SMILES string of the molecule is CC(C)NCc1cccn1CCOc1cccc(Br)c1. The van der Waals surface area contributed by atoms with Gasteiger partial charge in [0.1, 0.15) is 12.4 Å². The van der Waals surface area contributed by atoms with E-state index in [0.717, 1.165) is 23.3 Å². The van der Waals surface area contributed by atoms with Gasteiger partial charge in [0.05, 0.1) is 6.54 Å². The minimum absolute atomic E-state index is 0.497. The Morgan fingerprint density at radius 3 is 2.85 bits per heavy atom. The number of nitrogens with zero attached hydrogens (tertiary/aromatic N) is 1. The van der Waals surface area contributed by atoms with E-state index in [2.05, 4.69) is 58.0 Å². The molecule has 0 saturated carbocycles. The Hall–Kier alpha value is -1.26. The Labute approximate surface area is 129 Å². The number of aromatic nitrogens is 1. The Morgan fingerprint density at radius 1 is 1.25 bits per heavy atom. The molecule has 0 spiro atoms. The van der Waals surface area contributed by atoms with Crippen molar-refractivity contribution in [3.8, 4) is 5.75 Å². The van der Waals surface area contributed by atoms with Gasteiger partial charge in [0, 0.05) is 29.0 Å². The molecular weight excluding hydrogens is 316 g/mol. The minimum atomic E-state index is 0.497. The maximum atomic E-state index is 5.77. The highest BCUT2D eigenvalue weighted by molar-refractivity contribution is 9.10. The molecule has 0 aliphatic rings. The summed E-state index contributed by atoms with van der Waals surface area (Å²) in [6, 6.07) is 12.7. The zero-order valence-corrected chi connectivity index (χ0v) is 13.6. The summed E-state index contributed by atoms with van der Waals surface area (Å²) in [5, 5.41) is 3.44. The van der Waals surface area contributed by atoms with Crippen LogP contribution in [0, 0.1) is 0 Å². The second-order valence-corrected chi connectivity index (χ2v) is 5.95. The van der Waals surface area contributed by atoms with Crippen LogP contribution in [0.1, 0.15) is 19.5 Å². The van der Waals surface area contributed by atoms with E-state index in [0.29, 0.717) is 12.6 Å². The lowest BCUT2D eigenvalue weighted by Gasteiger charge is -2.13. The van der Waals surface area contributed by atoms with Crippen LogP contribution in [0.25, 0.3) is 0 Å². The summed E-state index contributed by atoms with van der Waals surface area (Å²) in [5.41, 5.74) is 1.29. The average molecular weight is 337 g/mol. The number of hydrogen-bond acceptors (Lipinski definition) is 2. The molecule has 108 valence electrons. The molecule has 2 rings (SSSR count). The van der Waals surface area contributed by atoms with Gasteiger partial charge >= 0.3 is 0 Å². The summed E-state index contributed by atoms with van der Waals surface area (Å²) in [5.74, 6) is 0.897. The number of ether oxygens (including phenoxy) is 1. The normalized spacial score (nSPS) is 11.0. The molecule has 20 heavy (non-hydrogen) atoms. The summed E-state index contributed by atoms with van der Waals surface area (Å²) in [4.78, 5) is 0. The van der Waals surface area contributed by atoms with Crippen molar-refractivity contribution in [3.63, 3.8) is 0 Å². The second-order valence-electron chi connectivity index (χ2n) is 5.03. The highest BCUT2D eigenvalue weighted by Crippen LogP contribution is 2.17. The first-order valence-electron chi connectivity index (χ1n) is 6.91. The molecule has 0 atom stereocenters. The summed E-state index contributed by atoms with van der Waals surface area (Å²) in [6.45, 7) is 6.73. The predicted octanol–water partition coefficient (Wildman–Crippen LogP) is 3.83. The molecule has 0 bridgehead atoms. The third kappa shape index (κ3) is 4.69. The fourth-order valence-electron chi connectivity index (χ4n) is 1.96. The average Bonchev–Trinajstić information content (AvgIpc) is 2.84. The third-order valence-corrected chi connectivity index (χ3v) is 3.51. The maximum Gasteiger partial charge on any atom is 0.120 e. The zero-order valence-electron chi connectivity index (χ0n) is 12.0. The largest absolute Gasteiger partial charge is 0.492 e. The molecular formula is C16H21BrN2O. The third-order valence-electron chi connectivity index (χ3n) is 3.01. The van der Waals surface area contributed by atoms with Crippen LogP contribution in [-0.2, 0) is 13.1 Å². The first-order valence-corrected chi connectivity index (χ1v) is 7.70. The summed E-state index contributed by atoms with van der Waals surface area (Å²) >= 11 is 3.44. The number of rotatable bonds is 7. The van der Waals surface area contributed by atoms with Crippen LogP contribution in [-0.4, -0.2) is 17.2 Å². The number of hydrogen-bond donors (Lipinski definition) is 1. The lowest BCUT2D eigenvalue weighted by Crippen LogP contribution is -2.24. The van der Waals surface area contributed by atoms with Crippen LogP contribution in [0.15, 0.2) is 47.1 Å². The molecule has 0 fully saturated rings. The van der Waals surface area contributed by atoms with Crippen LogP contribution < -0.4 is 10.1 Å². The van der Waals surface area contributed by atoms with Gasteiger partial charge in [-0.15, -0.1) is 0 Å². The second kappa shape index (κ2) is 7.50. The molecule has 0 saturated heterocycles. The van der Waals surface area contributed by atoms with Gasteiger partial charge in [0.2, 0.25) is 0 Å². The van der Waals surface area contributed by atoms with Crippen LogP contribution in [0.5, 0.6) is 5.75 Å². The summed E-state index contributed by atoms with van der Waals surface area (Å²) < 4.78 is 9.04. The van der Waals surface area contributed by atoms with Gasteiger partial charge in [-0.2, -0.15) is 0 Å². The number of benzene rings is 1. The van der Waals surface area contributed by atoms with E-state index in [-0.39, 0.29) is 0 Å². The molecule has 3 nitrogen and oxygen atoms in total. The molecule has 0 unspecified atom stereocenters. The fraction of sp³-hybridized carbons (Fsp3) is 0.375. The van der Waals surface area contributed by atoms with Crippen molar-refractivity contribution >= 4 is 15.9 Å². The molecule has 1 aromatic carbocycles. The van der Waals surface area contributed by atoms with E-state index < -0.39 is 0 Å². The number of halogens is 1. The van der Waals surface area contributed by atoms with Crippen LogP contribution in [0.3, 0.4) is 0 Å². The van der Waals surface area contributed by atoms with Crippen LogP contribution in [0.2, 0.25) is 0 Å². The highest BCUT2D eigenvalue weighted by Gasteiger charge is 2.02. The quantitative estimate of drug-likeness (QED) is 0.831. The van der Waals surface area contributed by atoms with Crippen LogP contribution >= 0.6 is 15.9 Å². The topological polar surface area (TPSA) is 26.2 Å². The minimum Gasteiger partial charge on any atom is -0.492 e. The van der Waals surface area contributed by atoms with E-state index in [1.54, 1.807) is 0 Å². The Kier molecular flexibility index (Phi) is 5.68. The van der Waals surface area contributed by atoms with Gasteiger partial charge in [-0.05, 0) is 30.3 Å². The molecule has 0 radical (unpaired) electrons. The Morgan fingerprint density at radius 2 is 2.10 bits per heavy atom. The maximum absolute atomic E-state index is 5.77. The van der Waals surface area contributed by atoms with Crippen molar-refractivity contribution < 1.29 is 4.74 Å². The van der Waals surface area contributed by atoms with E-state index >= 15 is 0 Å². The molecule has 0 aliphatic heterocycles. The Bertz CT molecular complexity index is 537. The van der Waals surface area contributed by atoms with Gasteiger partial charge in [0.15, 0.2) is 0 Å². The Balaban J connectivity index is 1.83. The standard InChI is InChI=1S/C16H21BrN2O/c1-13(2)18-12-15-6-4-8-19(15)9-10-20-16-7-3-5-14(17)11-16/h3-8,11,13,18H,9-10,12H2,1-2H3. The lowest BCUT2D eigenvalue weighted by atomic mass is 10.3. The molecule has 4 heteroatoms. The van der Waals surface area contributed by atoms with Crippen LogP contribution in [0.4, 0.5) is 0 Å². The monoisotopic (exact) mass is 336 g/mol. The lowest BCUT2D eigenvalue weighted by molar-refractivity contribution is 0.296. The highest BCUT2D eigenvalue weighted by atomic mass is 79.9. The van der Waals surface area contributed by atoms with E-state index in [9.17, 15) is 0 Å². The van der Waals surface area contributed by atoms with Crippen molar-refractivity contribution in [2.24, 2.45) is 0 Å². The smallest absolute Gasteiger partial charge is 0.120 e. The molecule has 2 aromatic rings. The van der Waals surface area contributed by atoms with Gasteiger partial charge in [0.25, 0.3) is 0 Å². The summed E-state index contributed by atoms with van der Waals surface area (Å²) in [7, 11) is 0.